The molecule has 0 amide bonds. The van der Waals surface area contributed by atoms with Crippen LogP contribution < -0.4 is 9.46 Å². The van der Waals surface area contributed by atoms with E-state index in [2.05, 4.69) is 30.8 Å². The topological polar surface area (TPSA) is 84.1 Å². The number of nitrogens with one attached hydrogen (secondary N) is 2. The van der Waals surface area contributed by atoms with Crippen LogP contribution in [0.5, 0.6) is 5.75 Å². The van der Waals surface area contributed by atoms with E-state index in [0.717, 1.165) is 0 Å². The van der Waals surface area contributed by atoms with Gasteiger partial charge in [-0.3, -0.25) is 9.82 Å². The lowest BCUT2D eigenvalue weighted by Crippen LogP contribution is -2.13. The molecule has 0 unspecified atom stereocenters. The SMILES string of the molecule is COc1ccc(Br)cc1S(=O)(=O)Nc1cn[nH]c1. The van der Waals surface area contributed by atoms with E-state index in [-0.39, 0.29) is 10.6 Å². The fraction of sp³-hybridized carbons (Fsp3) is 0.100. The fourth-order valence-electron chi connectivity index (χ4n) is 1.38. The molecule has 0 saturated carbocycles. The van der Waals surface area contributed by atoms with E-state index < -0.39 is 10.0 Å². The first-order chi connectivity index (χ1) is 8.53. The van der Waals surface area contributed by atoms with Crippen LogP contribution in [-0.2, 0) is 10.0 Å². The summed E-state index contributed by atoms with van der Waals surface area (Å²) in [6, 6.07) is 4.75. The molecule has 6 nitrogen and oxygen atoms in total. The predicted octanol–water partition coefficient (Wildman–Crippen LogP) is 1.98. The number of sulfonamides is 1. The van der Waals surface area contributed by atoms with Crippen LogP contribution in [-0.4, -0.2) is 25.7 Å². The van der Waals surface area contributed by atoms with Crippen LogP contribution in [0.15, 0.2) is 40.0 Å². The van der Waals surface area contributed by atoms with Gasteiger partial charge in [0.05, 0.1) is 19.0 Å². The maximum Gasteiger partial charge on any atom is 0.265 e. The molecular weight excluding hydrogens is 322 g/mol. The first kappa shape index (κ1) is 12.9. The second-order valence-corrected chi connectivity index (χ2v) is 5.95. The standard InChI is InChI=1S/C10H10BrN3O3S/c1-17-9-3-2-7(11)4-10(9)18(15,16)14-8-5-12-13-6-8/h2-6,14H,1H3,(H,12,13). The summed E-state index contributed by atoms with van der Waals surface area (Å²) < 4.78 is 32.4. The third kappa shape index (κ3) is 2.65. The number of anilines is 1. The Balaban J connectivity index is 2.43. The Morgan fingerprint density at radius 1 is 1.44 bits per heavy atom. The average molecular weight is 332 g/mol. The number of methoxy groups -OCH3 is 1. The van der Waals surface area contributed by atoms with Crippen molar-refractivity contribution in [2.75, 3.05) is 11.8 Å². The summed E-state index contributed by atoms with van der Waals surface area (Å²) in [6.45, 7) is 0. The van der Waals surface area contributed by atoms with Crippen LogP contribution in [0.25, 0.3) is 0 Å². The molecule has 96 valence electrons. The summed E-state index contributed by atoms with van der Waals surface area (Å²) in [5.41, 5.74) is 0.358. The molecule has 1 aromatic carbocycles. The molecule has 1 aromatic heterocycles. The summed E-state index contributed by atoms with van der Waals surface area (Å²) in [5.74, 6) is 0.272. The van der Waals surface area contributed by atoms with E-state index in [1.54, 1.807) is 12.1 Å². The average Bonchev–Trinajstić information content (AvgIpc) is 2.81. The Hall–Kier alpha value is -1.54. The lowest BCUT2D eigenvalue weighted by Gasteiger charge is -2.10. The predicted molar refractivity (Wildman–Crippen MR) is 70.1 cm³/mol. The van der Waals surface area contributed by atoms with Gasteiger partial charge in [-0.15, -0.1) is 0 Å². The summed E-state index contributed by atoms with van der Waals surface area (Å²) in [7, 11) is -2.30. The molecule has 0 aliphatic heterocycles. The number of rotatable bonds is 4. The highest BCUT2D eigenvalue weighted by molar-refractivity contribution is 9.10. The van der Waals surface area contributed by atoms with Crippen molar-refractivity contribution in [3.8, 4) is 5.75 Å². The van der Waals surface area contributed by atoms with Gasteiger partial charge in [-0.25, -0.2) is 8.42 Å². The molecule has 2 N–H and O–H groups in total. The monoisotopic (exact) mass is 331 g/mol. The number of nitrogens with zero attached hydrogens (tertiary/aromatic N) is 1. The number of aromatic amines is 1. The molecule has 0 aliphatic rings. The molecule has 8 heteroatoms. The van der Waals surface area contributed by atoms with Gasteiger partial charge < -0.3 is 4.74 Å². The normalized spacial score (nSPS) is 11.2. The van der Waals surface area contributed by atoms with Crippen molar-refractivity contribution in [1.29, 1.82) is 0 Å². The van der Waals surface area contributed by atoms with E-state index in [1.165, 1.54) is 25.6 Å². The number of H-pyrrole nitrogens is 1. The van der Waals surface area contributed by atoms with Crippen molar-refractivity contribution < 1.29 is 13.2 Å². The van der Waals surface area contributed by atoms with E-state index in [1.807, 2.05) is 0 Å². The fourth-order valence-corrected chi connectivity index (χ4v) is 3.12. The van der Waals surface area contributed by atoms with Crippen molar-refractivity contribution in [2.24, 2.45) is 0 Å². The maximum absolute atomic E-state index is 12.2. The van der Waals surface area contributed by atoms with Crippen LogP contribution in [0, 0.1) is 0 Å². The summed E-state index contributed by atoms with van der Waals surface area (Å²) in [6.07, 6.45) is 2.82. The van der Waals surface area contributed by atoms with Gasteiger partial charge in [0, 0.05) is 10.7 Å². The van der Waals surface area contributed by atoms with Crippen LogP contribution in [0.4, 0.5) is 5.69 Å². The second-order valence-electron chi connectivity index (χ2n) is 3.39. The zero-order chi connectivity index (χ0) is 13.2. The first-order valence-electron chi connectivity index (χ1n) is 4.88. The Bertz CT molecular complexity index is 640. The van der Waals surface area contributed by atoms with E-state index in [4.69, 9.17) is 4.74 Å². The number of hydrogen-bond donors (Lipinski definition) is 2. The highest BCUT2D eigenvalue weighted by Crippen LogP contribution is 2.28. The molecule has 1 heterocycles. The summed E-state index contributed by atoms with van der Waals surface area (Å²) >= 11 is 3.23. The third-order valence-electron chi connectivity index (χ3n) is 2.17. The zero-order valence-electron chi connectivity index (χ0n) is 9.34. The number of halogens is 1. The molecule has 18 heavy (non-hydrogen) atoms. The molecule has 0 atom stereocenters. The Labute approximate surface area is 113 Å². The Kier molecular flexibility index (Phi) is 3.58. The van der Waals surface area contributed by atoms with Gasteiger partial charge in [-0.1, -0.05) is 15.9 Å². The highest BCUT2D eigenvalue weighted by Gasteiger charge is 2.20. The van der Waals surface area contributed by atoms with Crippen molar-refractivity contribution in [3.05, 3.63) is 35.1 Å². The number of aromatic nitrogens is 2. The first-order valence-corrected chi connectivity index (χ1v) is 7.15. The van der Waals surface area contributed by atoms with Crippen LogP contribution >= 0.6 is 15.9 Å². The summed E-state index contributed by atoms with van der Waals surface area (Å²) in [4.78, 5) is 0.0561. The smallest absolute Gasteiger partial charge is 0.265 e. The molecule has 2 aromatic rings. The number of benzene rings is 1. The Morgan fingerprint density at radius 3 is 2.83 bits per heavy atom. The molecule has 2 rings (SSSR count). The largest absolute Gasteiger partial charge is 0.495 e. The lowest BCUT2D eigenvalue weighted by atomic mass is 10.3. The third-order valence-corrected chi connectivity index (χ3v) is 4.06. The quantitative estimate of drug-likeness (QED) is 0.897. The van der Waals surface area contributed by atoms with E-state index >= 15 is 0 Å². The summed E-state index contributed by atoms with van der Waals surface area (Å²) in [5, 5.41) is 6.19. The maximum atomic E-state index is 12.2. The zero-order valence-corrected chi connectivity index (χ0v) is 11.7. The molecule has 0 fully saturated rings. The minimum absolute atomic E-state index is 0.0561. The van der Waals surface area contributed by atoms with E-state index in [9.17, 15) is 8.42 Å². The van der Waals surface area contributed by atoms with Crippen molar-refractivity contribution in [3.63, 3.8) is 0 Å². The highest BCUT2D eigenvalue weighted by atomic mass is 79.9. The van der Waals surface area contributed by atoms with Crippen molar-refractivity contribution in [1.82, 2.24) is 10.2 Å². The van der Waals surface area contributed by atoms with Gasteiger partial charge in [0.25, 0.3) is 10.0 Å². The van der Waals surface area contributed by atoms with E-state index in [0.29, 0.717) is 10.2 Å². The van der Waals surface area contributed by atoms with Gasteiger partial charge in [-0.05, 0) is 18.2 Å². The Morgan fingerprint density at radius 2 is 2.22 bits per heavy atom. The van der Waals surface area contributed by atoms with Gasteiger partial charge >= 0.3 is 0 Å². The van der Waals surface area contributed by atoms with Crippen molar-refractivity contribution in [2.45, 2.75) is 4.90 Å². The molecule has 0 saturated heterocycles. The molecular formula is C10H10BrN3O3S. The van der Waals surface area contributed by atoms with Gasteiger partial charge in [0.2, 0.25) is 0 Å². The number of hydrogen-bond acceptors (Lipinski definition) is 4. The van der Waals surface area contributed by atoms with Gasteiger partial charge in [0.1, 0.15) is 10.6 Å². The molecule has 0 bridgehead atoms. The number of ether oxygens (including phenoxy) is 1. The van der Waals surface area contributed by atoms with Crippen molar-refractivity contribution >= 4 is 31.6 Å². The molecule has 0 spiro atoms. The van der Waals surface area contributed by atoms with Crippen LogP contribution in [0.1, 0.15) is 0 Å². The van der Waals surface area contributed by atoms with Crippen LogP contribution in [0.2, 0.25) is 0 Å². The van der Waals surface area contributed by atoms with Gasteiger partial charge in [0.15, 0.2) is 0 Å². The minimum atomic E-state index is -3.71. The molecule has 0 radical (unpaired) electrons. The lowest BCUT2D eigenvalue weighted by molar-refractivity contribution is 0.403. The second kappa shape index (κ2) is 4.99. The molecule has 0 aliphatic carbocycles. The minimum Gasteiger partial charge on any atom is -0.495 e. The van der Waals surface area contributed by atoms with Crippen LogP contribution in [0.3, 0.4) is 0 Å². The van der Waals surface area contributed by atoms with Gasteiger partial charge in [-0.2, -0.15) is 5.10 Å².